The van der Waals surface area contributed by atoms with Crippen LogP contribution in [0, 0.1) is 0 Å². The maximum atomic E-state index is 11.3. The van der Waals surface area contributed by atoms with Gasteiger partial charge < -0.3 is 9.64 Å². The minimum atomic E-state index is -0.220. The predicted octanol–water partition coefficient (Wildman–Crippen LogP) is 3.29. The van der Waals surface area contributed by atoms with Crippen LogP contribution in [0.25, 0.3) is 0 Å². The molecule has 0 radical (unpaired) electrons. The highest BCUT2D eigenvalue weighted by Crippen LogP contribution is 2.06. The van der Waals surface area contributed by atoms with Crippen LogP contribution in [0.2, 0.25) is 0 Å². The summed E-state index contributed by atoms with van der Waals surface area (Å²) in [5, 5.41) is 0. The van der Waals surface area contributed by atoms with Crippen molar-refractivity contribution in [2.24, 2.45) is 0 Å². The fourth-order valence-electron chi connectivity index (χ4n) is 1.22. The molecule has 0 aliphatic carbocycles. The first-order chi connectivity index (χ1) is 6.50. The zero-order valence-electron chi connectivity index (χ0n) is 10.6. The fourth-order valence-corrected chi connectivity index (χ4v) is 1.22. The number of ether oxygens (including phenoxy) is 1. The molecule has 1 amide bonds. The molecule has 0 aliphatic rings. The smallest absolute Gasteiger partial charge is 0.410 e. The Kier molecular flexibility index (Phi) is 9.94. The molecule has 0 unspecified atom stereocenters. The number of carbonyl (C=O) groups is 1. The van der Waals surface area contributed by atoms with Crippen molar-refractivity contribution in [1.82, 2.24) is 4.90 Å². The van der Waals surface area contributed by atoms with Gasteiger partial charge in [-0.1, -0.05) is 13.8 Å². The number of rotatable bonds is 3. The van der Waals surface area contributed by atoms with E-state index in [1.165, 1.54) is 0 Å². The summed E-state index contributed by atoms with van der Waals surface area (Å²) < 4.78 is 4.91. The van der Waals surface area contributed by atoms with Crippen molar-refractivity contribution in [2.45, 2.75) is 60.5 Å². The van der Waals surface area contributed by atoms with E-state index in [1.807, 2.05) is 48.5 Å². The van der Waals surface area contributed by atoms with Crippen LogP contribution in [-0.4, -0.2) is 29.7 Å². The number of nitrogens with zero attached hydrogens (tertiary/aromatic N) is 1. The molecule has 0 rings (SSSR count). The van der Waals surface area contributed by atoms with E-state index in [0.717, 1.165) is 0 Å². The van der Waals surface area contributed by atoms with Crippen LogP contribution in [0.3, 0.4) is 0 Å². The molecule has 0 saturated heterocycles. The first kappa shape index (κ1) is 15.7. The lowest BCUT2D eigenvalue weighted by atomic mass is 10.2. The Hall–Kier alpha value is -0.730. The van der Waals surface area contributed by atoms with Crippen LogP contribution < -0.4 is 0 Å². The molecule has 0 fully saturated rings. The Bertz CT molecular complexity index is 136. The Balaban J connectivity index is 0. The van der Waals surface area contributed by atoms with E-state index in [9.17, 15) is 4.79 Å². The summed E-state index contributed by atoms with van der Waals surface area (Å²) in [6.45, 7) is 14.2. The van der Waals surface area contributed by atoms with Gasteiger partial charge in [0.25, 0.3) is 0 Å². The van der Waals surface area contributed by atoms with Gasteiger partial charge in [-0.15, -0.1) is 0 Å². The second-order valence-corrected chi connectivity index (χ2v) is 3.29. The maximum absolute atomic E-state index is 11.3. The lowest BCUT2D eigenvalue weighted by Crippen LogP contribution is -2.42. The van der Waals surface area contributed by atoms with Gasteiger partial charge in [0.05, 0.1) is 6.61 Å². The van der Waals surface area contributed by atoms with Crippen LogP contribution in [0.1, 0.15) is 48.5 Å². The lowest BCUT2D eigenvalue weighted by molar-refractivity contribution is 0.0832. The zero-order valence-corrected chi connectivity index (χ0v) is 10.6. The van der Waals surface area contributed by atoms with Crippen molar-refractivity contribution < 1.29 is 9.53 Å². The molecule has 3 heteroatoms. The molecule has 0 bridgehead atoms. The highest BCUT2D eigenvalue weighted by molar-refractivity contribution is 5.68. The first-order valence-electron chi connectivity index (χ1n) is 5.45. The van der Waals surface area contributed by atoms with Crippen LogP contribution in [-0.2, 0) is 4.74 Å². The molecule has 0 aliphatic heterocycles. The van der Waals surface area contributed by atoms with Crippen molar-refractivity contribution in [3.8, 4) is 0 Å². The molecule has 0 aromatic rings. The van der Waals surface area contributed by atoms with Crippen molar-refractivity contribution in [3.05, 3.63) is 0 Å². The van der Waals surface area contributed by atoms with Crippen molar-refractivity contribution in [2.75, 3.05) is 6.61 Å². The molecule has 0 N–H and O–H groups in total. The van der Waals surface area contributed by atoms with Crippen molar-refractivity contribution >= 4 is 6.09 Å². The number of hydrogen-bond acceptors (Lipinski definition) is 2. The van der Waals surface area contributed by atoms with Crippen LogP contribution in [0.4, 0.5) is 4.79 Å². The molecule has 0 spiro atoms. The van der Waals surface area contributed by atoms with E-state index in [0.29, 0.717) is 6.61 Å². The summed E-state index contributed by atoms with van der Waals surface area (Å²) in [5.74, 6) is 0. The lowest BCUT2D eigenvalue weighted by Gasteiger charge is -2.29. The quantitative estimate of drug-likeness (QED) is 0.704. The number of carbonyl (C=O) groups excluding carboxylic acids is 1. The summed E-state index contributed by atoms with van der Waals surface area (Å²) in [4.78, 5) is 13.1. The van der Waals surface area contributed by atoms with E-state index in [4.69, 9.17) is 4.74 Å². The summed E-state index contributed by atoms with van der Waals surface area (Å²) in [7, 11) is 0. The Morgan fingerprint density at radius 3 is 1.71 bits per heavy atom. The molecule has 86 valence electrons. The van der Waals surface area contributed by atoms with E-state index in [2.05, 4.69) is 0 Å². The van der Waals surface area contributed by atoms with Crippen LogP contribution in [0.5, 0.6) is 0 Å². The van der Waals surface area contributed by atoms with Crippen LogP contribution in [0.15, 0.2) is 0 Å². The summed E-state index contributed by atoms with van der Waals surface area (Å²) >= 11 is 0. The highest BCUT2D eigenvalue weighted by atomic mass is 16.6. The van der Waals surface area contributed by atoms with Gasteiger partial charge in [-0.3, -0.25) is 0 Å². The monoisotopic (exact) mass is 203 g/mol. The summed E-state index contributed by atoms with van der Waals surface area (Å²) in [6, 6.07) is 0.396. The van der Waals surface area contributed by atoms with Crippen molar-refractivity contribution in [1.29, 1.82) is 0 Å². The van der Waals surface area contributed by atoms with Gasteiger partial charge in [0.15, 0.2) is 0 Å². The Morgan fingerprint density at radius 1 is 1.14 bits per heavy atom. The molecular formula is C11H25NO2. The molecule has 0 atom stereocenters. The standard InChI is InChI=1S/C9H19NO2.C2H6/c1-6-12-9(11)10(7(2)3)8(4)5;1-2/h7-8H,6H2,1-5H3;1-2H3. The molecule has 0 saturated carbocycles. The van der Waals surface area contributed by atoms with Gasteiger partial charge in [0.1, 0.15) is 0 Å². The van der Waals surface area contributed by atoms with Gasteiger partial charge in [0.2, 0.25) is 0 Å². The van der Waals surface area contributed by atoms with Gasteiger partial charge in [-0.2, -0.15) is 0 Å². The second-order valence-electron chi connectivity index (χ2n) is 3.29. The summed E-state index contributed by atoms with van der Waals surface area (Å²) in [6.07, 6.45) is -0.220. The molecule has 0 aromatic heterocycles. The topological polar surface area (TPSA) is 29.5 Å². The van der Waals surface area contributed by atoms with E-state index in [-0.39, 0.29) is 18.2 Å². The Morgan fingerprint density at radius 2 is 1.50 bits per heavy atom. The molecule has 14 heavy (non-hydrogen) atoms. The third-order valence-electron chi connectivity index (χ3n) is 1.59. The average molecular weight is 203 g/mol. The van der Waals surface area contributed by atoms with Gasteiger partial charge in [-0.05, 0) is 34.6 Å². The normalized spacial score (nSPS) is 9.50. The average Bonchev–Trinajstić information content (AvgIpc) is 2.06. The first-order valence-corrected chi connectivity index (χ1v) is 5.45. The number of amides is 1. The SMILES string of the molecule is CC.CCOC(=O)N(C(C)C)C(C)C. The predicted molar refractivity (Wildman–Crippen MR) is 60.5 cm³/mol. The molecule has 0 heterocycles. The fraction of sp³-hybridized carbons (Fsp3) is 0.909. The molecule has 0 aromatic carbocycles. The minimum Gasteiger partial charge on any atom is -0.450 e. The van der Waals surface area contributed by atoms with Gasteiger partial charge >= 0.3 is 6.09 Å². The van der Waals surface area contributed by atoms with E-state index >= 15 is 0 Å². The second kappa shape index (κ2) is 8.85. The number of hydrogen-bond donors (Lipinski definition) is 0. The molecule has 3 nitrogen and oxygen atoms in total. The maximum Gasteiger partial charge on any atom is 0.410 e. The minimum absolute atomic E-state index is 0.198. The van der Waals surface area contributed by atoms with Gasteiger partial charge in [0, 0.05) is 12.1 Å². The van der Waals surface area contributed by atoms with E-state index < -0.39 is 0 Å². The van der Waals surface area contributed by atoms with E-state index in [1.54, 1.807) is 4.90 Å². The highest BCUT2D eigenvalue weighted by Gasteiger charge is 2.20. The van der Waals surface area contributed by atoms with Crippen molar-refractivity contribution in [3.63, 3.8) is 0 Å². The van der Waals surface area contributed by atoms with Gasteiger partial charge in [-0.25, -0.2) is 4.79 Å². The zero-order chi connectivity index (χ0) is 11.7. The van der Waals surface area contributed by atoms with Crippen LogP contribution >= 0.6 is 0 Å². The third-order valence-corrected chi connectivity index (χ3v) is 1.59. The third kappa shape index (κ3) is 5.84. The molecular weight excluding hydrogens is 178 g/mol. The Labute approximate surface area is 88.4 Å². The largest absolute Gasteiger partial charge is 0.450 e. The summed E-state index contributed by atoms with van der Waals surface area (Å²) in [5.41, 5.74) is 0.